The van der Waals surface area contributed by atoms with Crippen LogP contribution in [0.5, 0.6) is 0 Å². The van der Waals surface area contributed by atoms with E-state index in [1.165, 1.54) is 11.3 Å². The number of rotatable bonds is 7. The topological polar surface area (TPSA) is 86.2 Å². The van der Waals surface area contributed by atoms with Crippen LogP contribution in [0.2, 0.25) is 0 Å². The normalized spacial score (nSPS) is 11.6. The monoisotopic (exact) mass is 485 g/mol. The van der Waals surface area contributed by atoms with Gasteiger partial charge in [-0.15, -0.1) is 11.3 Å². The molecule has 0 aliphatic rings. The minimum atomic E-state index is -1.39. The van der Waals surface area contributed by atoms with Gasteiger partial charge in [0.1, 0.15) is 11.0 Å². The first-order valence-corrected chi connectivity index (χ1v) is 11.5. The van der Waals surface area contributed by atoms with E-state index in [0.29, 0.717) is 21.5 Å². The van der Waals surface area contributed by atoms with Crippen molar-refractivity contribution in [2.24, 2.45) is 0 Å². The molecule has 2 aromatic heterocycles. The SMILES string of the molecule is Cc1csc(C(=O)C(Cc2ccc(N(C)C)cc2)=C(C(=O)[O-])c2ccc3nsnc3c2)c1.[Na+]. The van der Waals surface area contributed by atoms with Crippen LogP contribution in [0.25, 0.3) is 16.6 Å². The van der Waals surface area contributed by atoms with Gasteiger partial charge in [-0.1, -0.05) is 18.2 Å². The van der Waals surface area contributed by atoms with Crippen molar-refractivity contribution in [3.8, 4) is 0 Å². The Bertz CT molecular complexity index is 1340. The molecule has 0 N–H and O–H groups in total. The number of carbonyl (C=O) groups is 2. The van der Waals surface area contributed by atoms with Gasteiger partial charge >= 0.3 is 29.6 Å². The largest absolute Gasteiger partial charge is 1.00 e. The quantitative estimate of drug-likeness (QED) is 0.218. The number of Topliss-reactive ketones (excluding diaryl/α,β-unsaturated/α-hetero) is 1. The number of allylic oxidation sites excluding steroid dienone is 1. The molecular weight excluding hydrogens is 465 g/mol. The fraction of sp³-hybridized carbons (Fsp3) is 0.167. The number of aliphatic carboxylic acids is 1. The molecule has 0 atom stereocenters. The van der Waals surface area contributed by atoms with Crippen LogP contribution >= 0.6 is 23.1 Å². The van der Waals surface area contributed by atoms with E-state index < -0.39 is 5.97 Å². The fourth-order valence-electron chi connectivity index (χ4n) is 3.45. The maximum absolute atomic E-state index is 13.5. The summed E-state index contributed by atoms with van der Waals surface area (Å²) in [5.41, 5.74) is 4.52. The second-order valence-corrected chi connectivity index (χ2v) is 9.10. The summed E-state index contributed by atoms with van der Waals surface area (Å²) < 4.78 is 8.37. The summed E-state index contributed by atoms with van der Waals surface area (Å²) in [7, 11) is 3.89. The molecule has 2 heterocycles. The molecule has 9 heteroatoms. The van der Waals surface area contributed by atoms with Crippen molar-refractivity contribution in [1.29, 1.82) is 0 Å². The molecule has 0 amide bonds. The van der Waals surface area contributed by atoms with Gasteiger partial charge in [0.05, 0.1) is 22.6 Å². The van der Waals surface area contributed by atoms with Crippen molar-refractivity contribution >= 4 is 57.1 Å². The van der Waals surface area contributed by atoms with Crippen LogP contribution in [0.15, 0.2) is 59.5 Å². The third-order valence-corrected chi connectivity index (χ3v) is 6.71. The predicted octanol–water partition coefficient (Wildman–Crippen LogP) is 0.760. The summed E-state index contributed by atoms with van der Waals surface area (Å²) >= 11 is 2.36. The standard InChI is InChI=1S/C24H21N3O3S2.Na/c1-14-10-21(31-13-14)23(28)18(11-15-4-7-17(8-5-15)27(2)3)22(24(29)30)16-6-9-19-20(12-16)26-32-25-19;/h4-10,12-13H,11H2,1-3H3,(H,29,30);/q;+1/p-1. The van der Waals surface area contributed by atoms with Crippen LogP contribution in [0.1, 0.15) is 26.4 Å². The molecule has 162 valence electrons. The Morgan fingerprint density at radius 1 is 1.00 bits per heavy atom. The molecule has 0 unspecified atom stereocenters. The van der Waals surface area contributed by atoms with E-state index in [2.05, 4.69) is 8.75 Å². The van der Waals surface area contributed by atoms with Gasteiger partial charge in [0.2, 0.25) is 0 Å². The molecule has 0 radical (unpaired) electrons. The van der Waals surface area contributed by atoms with E-state index in [1.54, 1.807) is 24.3 Å². The van der Waals surface area contributed by atoms with Gasteiger partial charge in [0.25, 0.3) is 0 Å². The number of fused-ring (bicyclic) bond motifs is 1. The molecular formula is C24H20N3NaO3S2. The molecule has 2 aromatic carbocycles. The van der Waals surface area contributed by atoms with Gasteiger partial charge in [0, 0.05) is 37.3 Å². The second kappa shape index (κ2) is 10.7. The third-order valence-electron chi connectivity index (χ3n) is 5.11. The number of aryl methyl sites for hydroxylation is 1. The van der Waals surface area contributed by atoms with Crippen molar-refractivity contribution in [2.75, 3.05) is 19.0 Å². The van der Waals surface area contributed by atoms with Crippen molar-refractivity contribution in [1.82, 2.24) is 8.75 Å². The number of hydrogen-bond donors (Lipinski definition) is 0. The zero-order chi connectivity index (χ0) is 22.8. The van der Waals surface area contributed by atoms with Crippen LogP contribution < -0.4 is 39.6 Å². The maximum Gasteiger partial charge on any atom is 1.00 e. The van der Waals surface area contributed by atoms with E-state index in [0.717, 1.165) is 28.5 Å². The number of ketones is 1. The minimum Gasteiger partial charge on any atom is -0.545 e. The number of benzene rings is 2. The van der Waals surface area contributed by atoms with E-state index in [-0.39, 0.29) is 52.9 Å². The number of thiophene rings is 1. The summed E-state index contributed by atoms with van der Waals surface area (Å²) in [6, 6.07) is 14.5. The van der Waals surface area contributed by atoms with Crippen LogP contribution in [-0.2, 0) is 11.2 Å². The first-order chi connectivity index (χ1) is 15.3. The molecule has 0 spiro atoms. The smallest absolute Gasteiger partial charge is 0.545 e. The first-order valence-electron chi connectivity index (χ1n) is 9.87. The van der Waals surface area contributed by atoms with Crippen molar-refractivity contribution < 1.29 is 44.3 Å². The Balaban J connectivity index is 0.00000306. The number of nitrogens with zero attached hydrogens (tertiary/aromatic N) is 3. The average Bonchev–Trinajstić information content (AvgIpc) is 3.41. The number of anilines is 1. The Kier molecular flexibility index (Phi) is 8.20. The summed E-state index contributed by atoms with van der Waals surface area (Å²) in [5, 5.41) is 14.2. The summed E-state index contributed by atoms with van der Waals surface area (Å²) in [4.78, 5) is 28.3. The molecule has 4 aromatic rings. The van der Waals surface area contributed by atoms with Crippen LogP contribution in [-0.4, -0.2) is 34.6 Å². The fourth-order valence-corrected chi connectivity index (χ4v) is 4.83. The number of carboxylic acid groups (broad SMARTS) is 1. The van der Waals surface area contributed by atoms with Crippen molar-refractivity contribution in [3.63, 3.8) is 0 Å². The van der Waals surface area contributed by atoms with E-state index in [4.69, 9.17) is 0 Å². The van der Waals surface area contributed by atoms with Gasteiger partial charge in [-0.2, -0.15) is 8.75 Å². The van der Waals surface area contributed by atoms with Crippen LogP contribution in [0, 0.1) is 6.92 Å². The molecule has 6 nitrogen and oxygen atoms in total. The van der Waals surface area contributed by atoms with Crippen molar-refractivity contribution in [3.05, 3.63) is 81.1 Å². The Morgan fingerprint density at radius 2 is 1.70 bits per heavy atom. The molecule has 0 aliphatic heterocycles. The average molecular weight is 486 g/mol. The molecule has 0 saturated heterocycles. The summed E-state index contributed by atoms with van der Waals surface area (Å²) in [6.07, 6.45) is 0.167. The number of hydrogen-bond acceptors (Lipinski definition) is 8. The first kappa shape index (κ1) is 25.3. The Hall–Kier alpha value is -2.36. The van der Waals surface area contributed by atoms with Gasteiger partial charge in [-0.05, 0) is 59.3 Å². The minimum absolute atomic E-state index is 0. The number of carboxylic acids is 1. The van der Waals surface area contributed by atoms with Gasteiger partial charge < -0.3 is 14.8 Å². The maximum atomic E-state index is 13.5. The van der Waals surface area contributed by atoms with Gasteiger partial charge in [-0.25, -0.2) is 0 Å². The predicted molar refractivity (Wildman–Crippen MR) is 127 cm³/mol. The molecule has 4 rings (SSSR count). The molecule has 0 bridgehead atoms. The van der Waals surface area contributed by atoms with E-state index in [9.17, 15) is 14.7 Å². The van der Waals surface area contributed by atoms with Crippen LogP contribution in [0.3, 0.4) is 0 Å². The molecule has 33 heavy (non-hydrogen) atoms. The molecule has 0 saturated carbocycles. The summed E-state index contributed by atoms with van der Waals surface area (Å²) in [5.74, 6) is -1.70. The molecule has 0 aliphatic carbocycles. The van der Waals surface area contributed by atoms with E-state index in [1.807, 2.05) is 55.6 Å². The van der Waals surface area contributed by atoms with Gasteiger partial charge in [-0.3, -0.25) is 4.79 Å². The van der Waals surface area contributed by atoms with Crippen molar-refractivity contribution in [2.45, 2.75) is 13.3 Å². The zero-order valence-electron chi connectivity index (χ0n) is 18.8. The Labute approximate surface area is 222 Å². The second-order valence-electron chi connectivity index (χ2n) is 7.66. The zero-order valence-corrected chi connectivity index (χ0v) is 22.4. The third kappa shape index (κ3) is 5.59. The van der Waals surface area contributed by atoms with Crippen LogP contribution in [0.4, 0.5) is 5.69 Å². The van der Waals surface area contributed by atoms with Gasteiger partial charge in [0.15, 0.2) is 5.78 Å². The van der Waals surface area contributed by atoms with E-state index >= 15 is 0 Å². The number of carbonyl (C=O) groups excluding carboxylic acids is 2. The summed E-state index contributed by atoms with van der Waals surface area (Å²) in [6.45, 7) is 1.90. The molecule has 0 fully saturated rings. The Morgan fingerprint density at radius 3 is 2.30 bits per heavy atom. The number of aromatic nitrogens is 2.